The van der Waals surface area contributed by atoms with E-state index in [1.54, 1.807) is 24.5 Å². The molecule has 0 fully saturated rings. The zero-order valence-corrected chi connectivity index (χ0v) is 7.27. The molecule has 0 spiro atoms. The highest BCUT2D eigenvalue weighted by molar-refractivity contribution is 5.09. The van der Waals surface area contributed by atoms with Crippen LogP contribution in [0.2, 0.25) is 0 Å². The molecule has 1 unspecified atom stereocenters. The molecule has 0 aliphatic rings. The van der Waals surface area contributed by atoms with Gasteiger partial charge in [-0.2, -0.15) is 0 Å². The summed E-state index contributed by atoms with van der Waals surface area (Å²) in [6.07, 6.45) is 2.40. The van der Waals surface area contributed by atoms with E-state index in [1.807, 2.05) is 13.8 Å². The molecule has 0 saturated carbocycles. The van der Waals surface area contributed by atoms with Gasteiger partial charge in [0.2, 0.25) is 0 Å². The quantitative estimate of drug-likeness (QED) is 0.693. The predicted octanol–water partition coefficient (Wildman–Crippen LogP) is 1.50. The summed E-state index contributed by atoms with van der Waals surface area (Å²) in [5, 5.41) is 9.43. The van der Waals surface area contributed by atoms with Crippen LogP contribution in [-0.2, 0) is 4.74 Å². The van der Waals surface area contributed by atoms with E-state index in [4.69, 9.17) is 4.74 Å². The third-order valence-corrected chi connectivity index (χ3v) is 1.37. The van der Waals surface area contributed by atoms with Gasteiger partial charge in [0.1, 0.15) is 0 Å². The highest BCUT2D eigenvalue weighted by Crippen LogP contribution is 2.13. The molecule has 0 aromatic carbocycles. The van der Waals surface area contributed by atoms with Gasteiger partial charge in [-0.3, -0.25) is 4.98 Å². The van der Waals surface area contributed by atoms with E-state index >= 15 is 0 Å². The number of aromatic nitrogens is 1. The van der Waals surface area contributed by atoms with E-state index in [-0.39, 0.29) is 6.10 Å². The number of rotatable bonds is 3. The van der Waals surface area contributed by atoms with Gasteiger partial charge in [-0.15, -0.1) is 0 Å². The van der Waals surface area contributed by atoms with Gasteiger partial charge in [-0.1, -0.05) is 6.07 Å². The van der Waals surface area contributed by atoms with Gasteiger partial charge >= 0.3 is 0 Å². The predicted molar refractivity (Wildman–Crippen MR) is 45.4 cm³/mol. The van der Waals surface area contributed by atoms with Crippen molar-refractivity contribution in [3.63, 3.8) is 0 Å². The Bertz CT molecular complexity index is 223. The molecule has 0 bridgehead atoms. The Morgan fingerprint density at radius 1 is 1.50 bits per heavy atom. The van der Waals surface area contributed by atoms with E-state index < -0.39 is 6.29 Å². The minimum atomic E-state index is -0.862. The third kappa shape index (κ3) is 2.60. The fourth-order valence-corrected chi connectivity index (χ4v) is 0.858. The van der Waals surface area contributed by atoms with Gasteiger partial charge in [0.05, 0.1) is 6.10 Å². The fourth-order valence-electron chi connectivity index (χ4n) is 0.858. The molecule has 0 radical (unpaired) electrons. The number of hydrogen-bond donors (Lipinski definition) is 1. The molecule has 0 saturated heterocycles. The van der Waals surface area contributed by atoms with Crippen molar-refractivity contribution in [2.45, 2.75) is 26.2 Å². The topological polar surface area (TPSA) is 42.4 Å². The van der Waals surface area contributed by atoms with Crippen LogP contribution < -0.4 is 0 Å². The maximum absolute atomic E-state index is 9.43. The molecule has 1 aromatic heterocycles. The molecule has 3 heteroatoms. The van der Waals surface area contributed by atoms with Crippen LogP contribution in [0.1, 0.15) is 25.7 Å². The van der Waals surface area contributed by atoms with Gasteiger partial charge in [-0.25, -0.2) is 0 Å². The molecular weight excluding hydrogens is 154 g/mol. The lowest BCUT2D eigenvalue weighted by Crippen LogP contribution is -2.09. The third-order valence-electron chi connectivity index (χ3n) is 1.37. The number of aliphatic hydroxyl groups is 1. The van der Waals surface area contributed by atoms with Crippen LogP contribution in [0.15, 0.2) is 24.5 Å². The molecule has 0 aliphatic carbocycles. The second-order valence-corrected chi connectivity index (χ2v) is 2.82. The number of aliphatic hydroxyl groups excluding tert-OH is 1. The average Bonchev–Trinajstić information content (AvgIpc) is 2.05. The molecule has 1 aromatic rings. The maximum Gasteiger partial charge on any atom is 0.182 e. The average molecular weight is 167 g/mol. The van der Waals surface area contributed by atoms with E-state index in [0.717, 1.165) is 0 Å². The summed E-state index contributed by atoms with van der Waals surface area (Å²) < 4.78 is 5.15. The zero-order chi connectivity index (χ0) is 8.97. The first kappa shape index (κ1) is 9.16. The lowest BCUT2D eigenvalue weighted by molar-refractivity contribution is -0.129. The minimum absolute atomic E-state index is 0.0141. The number of nitrogens with zero attached hydrogens (tertiary/aromatic N) is 1. The van der Waals surface area contributed by atoms with Gasteiger partial charge in [0.25, 0.3) is 0 Å². The van der Waals surface area contributed by atoms with Crippen molar-refractivity contribution < 1.29 is 9.84 Å². The van der Waals surface area contributed by atoms with E-state index in [9.17, 15) is 5.11 Å². The maximum atomic E-state index is 9.43. The van der Waals surface area contributed by atoms with Crippen LogP contribution in [0, 0.1) is 0 Å². The molecule has 1 rings (SSSR count). The Kier molecular flexibility index (Phi) is 3.19. The number of pyridine rings is 1. The number of ether oxygens (including phenoxy) is 1. The van der Waals surface area contributed by atoms with Crippen molar-refractivity contribution in [1.29, 1.82) is 0 Å². The van der Waals surface area contributed by atoms with Crippen LogP contribution in [0.25, 0.3) is 0 Å². The van der Waals surface area contributed by atoms with E-state index in [2.05, 4.69) is 4.98 Å². The fraction of sp³-hybridized carbons (Fsp3) is 0.444. The van der Waals surface area contributed by atoms with Crippen molar-refractivity contribution >= 4 is 0 Å². The van der Waals surface area contributed by atoms with Gasteiger partial charge in [-0.05, 0) is 19.9 Å². The molecule has 1 N–H and O–H groups in total. The summed E-state index contributed by atoms with van der Waals surface area (Å²) in [4.78, 5) is 3.87. The lowest BCUT2D eigenvalue weighted by Gasteiger charge is -2.14. The van der Waals surface area contributed by atoms with Crippen molar-refractivity contribution in [2.24, 2.45) is 0 Å². The van der Waals surface area contributed by atoms with Gasteiger partial charge in [0.15, 0.2) is 6.29 Å². The molecule has 0 aliphatic heterocycles. The summed E-state index contributed by atoms with van der Waals surface area (Å²) in [5.74, 6) is 0. The summed E-state index contributed by atoms with van der Waals surface area (Å²) in [6, 6.07) is 3.54. The Hall–Kier alpha value is -0.930. The lowest BCUT2D eigenvalue weighted by atomic mass is 10.3. The van der Waals surface area contributed by atoms with Crippen LogP contribution in [0.3, 0.4) is 0 Å². The molecule has 12 heavy (non-hydrogen) atoms. The van der Waals surface area contributed by atoms with Crippen molar-refractivity contribution in [3.8, 4) is 0 Å². The van der Waals surface area contributed by atoms with Crippen LogP contribution in [0.4, 0.5) is 0 Å². The van der Waals surface area contributed by atoms with Gasteiger partial charge < -0.3 is 9.84 Å². The van der Waals surface area contributed by atoms with Gasteiger partial charge in [0, 0.05) is 18.0 Å². The Morgan fingerprint density at radius 3 is 2.75 bits per heavy atom. The standard InChI is InChI=1S/C9H13NO2/c1-7(2)12-9(11)8-4-3-5-10-6-8/h3-7,9,11H,1-2H3. The summed E-state index contributed by atoms with van der Waals surface area (Å²) in [5.41, 5.74) is 0.686. The minimum Gasteiger partial charge on any atom is -0.364 e. The van der Waals surface area contributed by atoms with Crippen LogP contribution in [0.5, 0.6) is 0 Å². The normalized spacial score (nSPS) is 13.3. The first-order chi connectivity index (χ1) is 5.70. The van der Waals surface area contributed by atoms with Crippen molar-refractivity contribution in [3.05, 3.63) is 30.1 Å². The summed E-state index contributed by atoms with van der Waals surface area (Å²) >= 11 is 0. The molecule has 3 nitrogen and oxygen atoms in total. The largest absolute Gasteiger partial charge is 0.364 e. The summed E-state index contributed by atoms with van der Waals surface area (Å²) in [6.45, 7) is 3.75. The van der Waals surface area contributed by atoms with Crippen LogP contribution in [-0.4, -0.2) is 16.2 Å². The highest BCUT2D eigenvalue weighted by Gasteiger charge is 2.08. The Balaban J connectivity index is 2.59. The zero-order valence-electron chi connectivity index (χ0n) is 7.27. The molecule has 0 amide bonds. The second kappa shape index (κ2) is 4.18. The monoisotopic (exact) mass is 167 g/mol. The first-order valence-corrected chi connectivity index (χ1v) is 3.93. The van der Waals surface area contributed by atoms with Crippen LogP contribution >= 0.6 is 0 Å². The first-order valence-electron chi connectivity index (χ1n) is 3.93. The SMILES string of the molecule is CC(C)OC(O)c1cccnc1. The van der Waals surface area contributed by atoms with E-state index in [1.165, 1.54) is 0 Å². The molecular formula is C9H13NO2. The Labute approximate surface area is 72.0 Å². The second-order valence-electron chi connectivity index (χ2n) is 2.82. The van der Waals surface area contributed by atoms with Crippen molar-refractivity contribution in [2.75, 3.05) is 0 Å². The van der Waals surface area contributed by atoms with E-state index in [0.29, 0.717) is 5.56 Å². The summed E-state index contributed by atoms with van der Waals surface area (Å²) in [7, 11) is 0. The number of hydrogen-bond acceptors (Lipinski definition) is 3. The smallest absolute Gasteiger partial charge is 0.182 e. The Morgan fingerprint density at radius 2 is 2.25 bits per heavy atom. The molecule has 1 heterocycles. The van der Waals surface area contributed by atoms with Crippen molar-refractivity contribution in [1.82, 2.24) is 4.98 Å². The molecule has 66 valence electrons. The molecule has 1 atom stereocenters. The highest BCUT2D eigenvalue weighted by atomic mass is 16.6.